The van der Waals surface area contributed by atoms with Crippen LogP contribution < -0.4 is 5.32 Å². The van der Waals surface area contributed by atoms with E-state index in [1.54, 1.807) is 0 Å². The Kier molecular flexibility index (Phi) is 3.05. The van der Waals surface area contributed by atoms with Crippen LogP contribution >= 0.6 is 11.8 Å². The highest BCUT2D eigenvalue weighted by molar-refractivity contribution is 8.13. The fourth-order valence-corrected chi connectivity index (χ4v) is 3.74. The lowest BCUT2D eigenvalue weighted by Crippen LogP contribution is -2.32. The van der Waals surface area contributed by atoms with Gasteiger partial charge in [-0.3, -0.25) is 4.99 Å². The Morgan fingerprint density at radius 3 is 2.18 bits per heavy atom. The maximum atomic E-state index is 4.65. The van der Waals surface area contributed by atoms with Gasteiger partial charge in [0.15, 0.2) is 5.17 Å². The zero-order valence-electron chi connectivity index (χ0n) is 12.1. The Bertz CT molecular complexity index is 328. The first-order valence-corrected chi connectivity index (χ1v) is 7.56. The molecule has 0 aromatic carbocycles. The van der Waals surface area contributed by atoms with Gasteiger partial charge in [0.05, 0.1) is 0 Å². The van der Waals surface area contributed by atoms with E-state index in [1.165, 1.54) is 5.75 Å². The van der Waals surface area contributed by atoms with Crippen LogP contribution in [0.15, 0.2) is 4.99 Å². The first kappa shape index (κ1) is 13.3. The maximum Gasteiger partial charge on any atom is 0.156 e. The van der Waals surface area contributed by atoms with E-state index in [4.69, 9.17) is 0 Å². The molecule has 2 nitrogen and oxygen atoms in total. The largest absolute Gasteiger partial charge is 0.365 e. The number of nitrogens with zero attached hydrogens (tertiary/aromatic N) is 1. The molecule has 2 aliphatic rings. The van der Waals surface area contributed by atoms with Crippen LogP contribution in [0.2, 0.25) is 0 Å². The molecule has 1 saturated carbocycles. The van der Waals surface area contributed by atoms with Gasteiger partial charge in [0.25, 0.3) is 0 Å². The van der Waals surface area contributed by atoms with Crippen LogP contribution in [0.3, 0.4) is 0 Å². The standard InChI is InChI=1S/C14H26N2S/c1-12(2)8-16-11(17-9-12)15-7-10-13(3,4)14(10,5)6/h10H,7-9H2,1-6H3,(H,15,16). The lowest BCUT2D eigenvalue weighted by atomic mass is 9.97. The molecule has 0 atom stereocenters. The summed E-state index contributed by atoms with van der Waals surface area (Å²) in [5.74, 6) is 1.95. The first-order chi connectivity index (χ1) is 7.67. The summed E-state index contributed by atoms with van der Waals surface area (Å²) in [4.78, 5) is 4.65. The fraction of sp³-hybridized carbons (Fsp3) is 0.929. The fourth-order valence-electron chi connectivity index (χ4n) is 2.78. The number of thioether (sulfide) groups is 1. The smallest absolute Gasteiger partial charge is 0.156 e. The molecule has 0 aromatic rings. The van der Waals surface area contributed by atoms with E-state index in [1.807, 2.05) is 11.8 Å². The lowest BCUT2D eigenvalue weighted by Gasteiger charge is -2.27. The molecular weight excluding hydrogens is 228 g/mol. The molecule has 0 bridgehead atoms. The van der Waals surface area contributed by atoms with E-state index in [0.717, 1.165) is 24.2 Å². The Balaban J connectivity index is 1.84. The van der Waals surface area contributed by atoms with Gasteiger partial charge in [-0.25, -0.2) is 0 Å². The van der Waals surface area contributed by atoms with Crippen molar-refractivity contribution in [2.75, 3.05) is 18.8 Å². The summed E-state index contributed by atoms with van der Waals surface area (Å²) >= 11 is 1.88. The van der Waals surface area contributed by atoms with Crippen LogP contribution in [0.5, 0.6) is 0 Å². The van der Waals surface area contributed by atoms with Crippen molar-refractivity contribution >= 4 is 16.9 Å². The number of aliphatic imine (C=N–C) groups is 1. The summed E-state index contributed by atoms with van der Waals surface area (Å²) in [7, 11) is 0. The molecule has 17 heavy (non-hydrogen) atoms. The molecule has 0 unspecified atom stereocenters. The van der Waals surface area contributed by atoms with Gasteiger partial charge in [0.1, 0.15) is 0 Å². The molecule has 0 spiro atoms. The van der Waals surface area contributed by atoms with Crippen LogP contribution in [0, 0.1) is 22.2 Å². The van der Waals surface area contributed by atoms with E-state index in [9.17, 15) is 0 Å². The molecule has 98 valence electrons. The molecule has 2 rings (SSSR count). The third kappa shape index (κ3) is 2.35. The Hall–Kier alpha value is -0.180. The van der Waals surface area contributed by atoms with Gasteiger partial charge in [0.2, 0.25) is 0 Å². The Morgan fingerprint density at radius 1 is 1.18 bits per heavy atom. The minimum Gasteiger partial charge on any atom is -0.365 e. The normalized spacial score (nSPS) is 29.6. The SMILES string of the molecule is CC1(C)CN=C(NCC2C(C)(C)C2(C)C)SC1. The maximum absolute atomic E-state index is 4.65. The average Bonchev–Trinajstić information content (AvgIpc) is 2.57. The molecular formula is C14H26N2S. The van der Waals surface area contributed by atoms with E-state index in [2.05, 4.69) is 51.9 Å². The van der Waals surface area contributed by atoms with Gasteiger partial charge in [-0.15, -0.1) is 0 Å². The van der Waals surface area contributed by atoms with E-state index in [0.29, 0.717) is 16.2 Å². The second-order valence-corrected chi connectivity index (χ2v) is 8.42. The molecule has 1 heterocycles. The van der Waals surface area contributed by atoms with Crippen molar-refractivity contribution in [3.8, 4) is 0 Å². The molecule has 1 aliphatic heterocycles. The van der Waals surface area contributed by atoms with Crippen LogP contribution in [-0.4, -0.2) is 24.0 Å². The zero-order chi connectivity index (χ0) is 12.9. The summed E-state index contributed by atoms with van der Waals surface area (Å²) in [6.07, 6.45) is 0. The Morgan fingerprint density at radius 2 is 1.76 bits per heavy atom. The minimum atomic E-state index is 0.369. The third-order valence-electron chi connectivity index (χ3n) is 5.03. The topological polar surface area (TPSA) is 24.4 Å². The Labute approximate surface area is 110 Å². The van der Waals surface area contributed by atoms with Crippen molar-refractivity contribution in [2.45, 2.75) is 41.5 Å². The highest BCUT2D eigenvalue weighted by Crippen LogP contribution is 2.67. The molecule has 1 aliphatic carbocycles. The quantitative estimate of drug-likeness (QED) is 0.817. The minimum absolute atomic E-state index is 0.369. The van der Waals surface area contributed by atoms with Crippen LogP contribution in [0.1, 0.15) is 41.5 Å². The predicted octanol–water partition coefficient (Wildman–Crippen LogP) is 3.39. The molecule has 1 fully saturated rings. The van der Waals surface area contributed by atoms with E-state index in [-0.39, 0.29) is 0 Å². The first-order valence-electron chi connectivity index (χ1n) is 6.58. The van der Waals surface area contributed by atoms with Gasteiger partial charge in [-0.05, 0) is 22.2 Å². The van der Waals surface area contributed by atoms with Gasteiger partial charge in [0, 0.05) is 18.8 Å². The predicted molar refractivity (Wildman–Crippen MR) is 77.6 cm³/mol. The summed E-state index contributed by atoms with van der Waals surface area (Å²) < 4.78 is 0. The molecule has 0 radical (unpaired) electrons. The number of hydrogen-bond donors (Lipinski definition) is 1. The zero-order valence-corrected chi connectivity index (χ0v) is 12.9. The number of hydrogen-bond acceptors (Lipinski definition) is 3. The summed E-state index contributed by atoms with van der Waals surface area (Å²) in [6.45, 7) is 16.1. The summed E-state index contributed by atoms with van der Waals surface area (Å²) in [5, 5.41) is 4.70. The highest BCUT2D eigenvalue weighted by Gasteiger charge is 2.64. The van der Waals surface area contributed by atoms with Crippen molar-refractivity contribution in [1.82, 2.24) is 5.32 Å². The van der Waals surface area contributed by atoms with Gasteiger partial charge in [-0.1, -0.05) is 53.3 Å². The summed E-state index contributed by atoms with van der Waals surface area (Å²) in [6, 6.07) is 0. The molecule has 1 N–H and O–H groups in total. The third-order valence-corrected chi connectivity index (χ3v) is 6.50. The van der Waals surface area contributed by atoms with Gasteiger partial charge >= 0.3 is 0 Å². The van der Waals surface area contributed by atoms with Crippen molar-refractivity contribution in [3.05, 3.63) is 0 Å². The monoisotopic (exact) mass is 254 g/mol. The molecule has 0 aromatic heterocycles. The van der Waals surface area contributed by atoms with Crippen LogP contribution in [0.4, 0.5) is 0 Å². The number of rotatable bonds is 2. The highest BCUT2D eigenvalue weighted by atomic mass is 32.2. The summed E-state index contributed by atoms with van der Waals surface area (Å²) in [5.41, 5.74) is 1.31. The lowest BCUT2D eigenvalue weighted by molar-refractivity contribution is 0.436. The van der Waals surface area contributed by atoms with Crippen molar-refractivity contribution in [3.63, 3.8) is 0 Å². The van der Waals surface area contributed by atoms with Crippen LogP contribution in [0.25, 0.3) is 0 Å². The second kappa shape index (κ2) is 3.91. The van der Waals surface area contributed by atoms with Crippen molar-refractivity contribution < 1.29 is 0 Å². The number of nitrogens with one attached hydrogen (secondary N) is 1. The molecule has 3 heteroatoms. The number of amidine groups is 1. The molecule has 0 amide bonds. The van der Waals surface area contributed by atoms with Crippen molar-refractivity contribution in [1.29, 1.82) is 0 Å². The van der Waals surface area contributed by atoms with E-state index >= 15 is 0 Å². The van der Waals surface area contributed by atoms with Gasteiger partial charge in [-0.2, -0.15) is 0 Å². The van der Waals surface area contributed by atoms with Gasteiger partial charge < -0.3 is 5.32 Å². The van der Waals surface area contributed by atoms with Crippen molar-refractivity contribution in [2.24, 2.45) is 27.2 Å². The average molecular weight is 254 g/mol. The second-order valence-electron chi connectivity index (χ2n) is 7.45. The molecule has 0 saturated heterocycles. The van der Waals surface area contributed by atoms with Crippen LogP contribution in [-0.2, 0) is 0 Å². The van der Waals surface area contributed by atoms with E-state index < -0.39 is 0 Å².